The standard InChI is InChI=1S/C7H12N2O2.C6H13NO2/c1-4(2)3-5-6(10)9-7(11)8-5;1-4(2)3-5(7)6(8)9/h4-5H,3H2,1-2H3,(H2,8,9,10,11);4-5H,3,7H2,1-2H3,(H,8,9)/t;5-/m.0/s1. The van der Waals surface area contributed by atoms with Gasteiger partial charge in [-0.25, -0.2) is 4.79 Å². The van der Waals surface area contributed by atoms with Crippen LogP contribution < -0.4 is 16.4 Å². The minimum absolute atomic E-state index is 0.205. The van der Waals surface area contributed by atoms with Crippen LogP contribution in [-0.2, 0) is 9.59 Å². The molecule has 0 aromatic heterocycles. The van der Waals surface area contributed by atoms with Crippen LogP contribution in [0.2, 0.25) is 0 Å². The number of amides is 3. The van der Waals surface area contributed by atoms with Gasteiger partial charge < -0.3 is 16.2 Å². The third-order valence-corrected chi connectivity index (χ3v) is 2.61. The number of urea groups is 1. The number of carbonyl (C=O) groups is 3. The zero-order chi connectivity index (χ0) is 15.9. The van der Waals surface area contributed by atoms with E-state index in [2.05, 4.69) is 10.6 Å². The lowest BCUT2D eigenvalue weighted by Crippen LogP contribution is -2.31. The Hall–Kier alpha value is -1.63. The average molecular weight is 287 g/mol. The smallest absolute Gasteiger partial charge is 0.322 e. The normalized spacial score (nSPS) is 19.2. The Morgan fingerprint density at radius 3 is 2.05 bits per heavy atom. The topological polar surface area (TPSA) is 122 Å². The molecular formula is C13H25N3O4. The third kappa shape index (κ3) is 7.73. The highest BCUT2D eigenvalue weighted by atomic mass is 16.4. The van der Waals surface area contributed by atoms with Crippen molar-refractivity contribution < 1.29 is 19.5 Å². The summed E-state index contributed by atoms with van der Waals surface area (Å²) < 4.78 is 0. The molecule has 116 valence electrons. The Balaban J connectivity index is 0.000000370. The first-order valence-corrected chi connectivity index (χ1v) is 6.73. The fraction of sp³-hybridized carbons (Fsp3) is 0.769. The molecule has 1 heterocycles. The van der Waals surface area contributed by atoms with Gasteiger partial charge in [-0.3, -0.25) is 14.9 Å². The molecule has 1 rings (SSSR count). The minimum atomic E-state index is -0.913. The van der Waals surface area contributed by atoms with E-state index in [4.69, 9.17) is 10.8 Å². The van der Waals surface area contributed by atoms with Gasteiger partial charge in [0.2, 0.25) is 0 Å². The molecule has 7 heteroatoms. The predicted molar refractivity (Wildman–Crippen MR) is 75.0 cm³/mol. The summed E-state index contributed by atoms with van der Waals surface area (Å²) in [6.45, 7) is 7.92. The summed E-state index contributed by atoms with van der Waals surface area (Å²) in [5, 5.41) is 13.0. The summed E-state index contributed by atoms with van der Waals surface area (Å²) in [6, 6.07) is -1.38. The highest BCUT2D eigenvalue weighted by Gasteiger charge is 2.29. The van der Waals surface area contributed by atoms with Crippen LogP contribution in [0.25, 0.3) is 0 Å². The third-order valence-electron chi connectivity index (χ3n) is 2.61. The van der Waals surface area contributed by atoms with Gasteiger partial charge in [-0.2, -0.15) is 0 Å². The molecule has 20 heavy (non-hydrogen) atoms. The van der Waals surface area contributed by atoms with E-state index in [1.165, 1.54) is 0 Å². The molecule has 1 saturated heterocycles. The number of rotatable bonds is 5. The number of carboxylic acid groups (broad SMARTS) is 1. The summed E-state index contributed by atoms with van der Waals surface area (Å²) in [5.41, 5.74) is 5.22. The molecule has 5 N–H and O–H groups in total. The second-order valence-corrected chi connectivity index (χ2v) is 5.72. The number of aliphatic carboxylic acids is 1. The van der Waals surface area contributed by atoms with Gasteiger partial charge in [-0.05, 0) is 24.7 Å². The molecule has 1 aliphatic rings. The SMILES string of the molecule is CC(C)CC1NC(=O)NC1=O.CC(C)C[C@H](N)C(=O)O. The maximum atomic E-state index is 10.9. The van der Waals surface area contributed by atoms with Crippen molar-refractivity contribution in [2.24, 2.45) is 17.6 Å². The van der Waals surface area contributed by atoms with E-state index in [1.54, 1.807) is 0 Å². The van der Waals surface area contributed by atoms with Crippen molar-refractivity contribution >= 4 is 17.9 Å². The number of hydrogen-bond donors (Lipinski definition) is 4. The number of carboxylic acids is 1. The van der Waals surface area contributed by atoms with Gasteiger partial charge in [0.15, 0.2) is 0 Å². The first kappa shape index (κ1) is 18.4. The Morgan fingerprint density at radius 2 is 1.80 bits per heavy atom. The van der Waals surface area contributed by atoms with Crippen LogP contribution in [0.4, 0.5) is 4.79 Å². The van der Waals surface area contributed by atoms with Crippen LogP contribution in [-0.4, -0.2) is 35.1 Å². The Bertz CT molecular complexity index is 356. The number of nitrogens with one attached hydrogen (secondary N) is 2. The molecule has 0 radical (unpaired) electrons. The molecular weight excluding hydrogens is 262 g/mol. The van der Waals surface area contributed by atoms with Gasteiger partial charge in [0.1, 0.15) is 12.1 Å². The molecule has 2 atom stereocenters. The van der Waals surface area contributed by atoms with E-state index >= 15 is 0 Å². The predicted octanol–water partition coefficient (Wildman–Crippen LogP) is 0.685. The van der Waals surface area contributed by atoms with E-state index < -0.39 is 12.0 Å². The maximum Gasteiger partial charge on any atom is 0.322 e. The van der Waals surface area contributed by atoms with Gasteiger partial charge in [0, 0.05) is 0 Å². The Labute approximate surface area is 119 Å². The van der Waals surface area contributed by atoms with Crippen molar-refractivity contribution in [1.82, 2.24) is 10.6 Å². The van der Waals surface area contributed by atoms with Crippen molar-refractivity contribution in [3.63, 3.8) is 0 Å². The molecule has 1 aliphatic heterocycles. The molecule has 0 aromatic carbocycles. The lowest BCUT2D eigenvalue weighted by Gasteiger charge is -2.08. The van der Waals surface area contributed by atoms with Crippen molar-refractivity contribution in [3.8, 4) is 0 Å². The van der Waals surface area contributed by atoms with Crippen LogP contribution in [0.3, 0.4) is 0 Å². The molecule has 0 bridgehead atoms. The summed E-state index contributed by atoms with van der Waals surface area (Å²) >= 11 is 0. The minimum Gasteiger partial charge on any atom is -0.480 e. The molecule has 0 aliphatic carbocycles. The average Bonchev–Trinajstić information content (AvgIpc) is 2.56. The van der Waals surface area contributed by atoms with Crippen LogP contribution in [0.1, 0.15) is 40.5 Å². The number of hydrogen-bond acceptors (Lipinski definition) is 4. The quantitative estimate of drug-likeness (QED) is 0.554. The van der Waals surface area contributed by atoms with Crippen molar-refractivity contribution in [2.75, 3.05) is 0 Å². The second-order valence-electron chi connectivity index (χ2n) is 5.72. The summed E-state index contributed by atoms with van der Waals surface area (Å²) in [7, 11) is 0. The fourth-order valence-electron chi connectivity index (χ4n) is 1.70. The lowest BCUT2D eigenvalue weighted by atomic mass is 10.0. The molecule has 1 unspecified atom stereocenters. The molecule has 3 amide bonds. The molecule has 0 spiro atoms. The highest BCUT2D eigenvalue weighted by Crippen LogP contribution is 2.07. The largest absolute Gasteiger partial charge is 0.480 e. The monoisotopic (exact) mass is 287 g/mol. The van der Waals surface area contributed by atoms with Gasteiger partial charge >= 0.3 is 12.0 Å². The van der Waals surface area contributed by atoms with E-state index in [9.17, 15) is 14.4 Å². The molecule has 0 saturated carbocycles. The second kappa shape index (κ2) is 8.52. The van der Waals surface area contributed by atoms with E-state index in [-0.39, 0.29) is 18.0 Å². The van der Waals surface area contributed by atoms with Crippen LogP contribution in [0.15, 0.2) is 0 Å². The van der Waals surface area contributed by atoms with Crippen molar-refractivity contribution in [3.05, 3.63) is 0 Å². The Morgan fingerprint density at radius 1 is 1.25 bits per heavy atom. The van der Waals surface area contributed by atoms with E-state index in [0.717, 1.165) is 0 Å². The first-order chi connectivity index (χ1) is 9.13. The van der Waals surface area contributed by atoms with Gasteiger partial charge in [-0.15, -0.1) is 0 Å². The van der Waals surface area contributed by atoms with Crippen LogP contribution in [0, 0.1) is 11.8 Å². The summed E-state index contributed by atoms with van der Waals surface area (Å²) in [4.78, 5) is 31.6. The van der Waals surface area contributed by atoms with Crippen molar-refractivity contribution in [2.45, 2.75) is 52.6 Å². The van der Waals surface area contributed by atoms with E-state index in [0.29, 0.717) is 24.7 Å². The molecule has 0 aromatic rings. The van der Waals surface area contributed by atoms with Crippen LogP contribution >= 0.6 is 0 Å². The van der Waals surface area contributed by atoms with Gasteiger partial charge in [0.05, 0.1) is 0 Å². The van der Waals surface area contributed by atoms with E-state index in [1.807, 2.05) is 27.7 Å². The number of imide groups is 1. The van der Waals surface area contributed by atoms with Crippen molar-refractivity contribution in [1.29, 1.82) is 0 Å². The summed E-state index contributed by atoms with van der Waals surface area (Å²) in [5.74, 6) is -0.340. The zero-order valence-corrected chi connectivity index (χ0v) is 12.5. The zero-order valence-electron chi connectivity index (χ0n) is 12.5. The first-order valence-electron chi connectivity index (χ1n) is 6.73. The van der Waals surface area contributed by atoms with Gasteiger partial charge in [-0.1, -0.05) is 27.7 Å². The summed E-state index contributed by atoms with van der Waals surface area (Å²) in [6.07, 6.45) is 1.26. The highest BCUT2D eigenvalue weighted by molar-refractivity contribution is 6.04. The van der Waals surface area contributed by atoms with Crippen LogP contribution in [0.5, 0.6) is 0 Å². The lowest BCUT2D eigenvalue weighted by molar-refractivity contribution is -0.138. The van der Waals surface area contributed by atoms with Gasteiger partial charge in [0.25, 0.3) is 5.91 Å². The Kier molecular flexibility index (Phi) is 7.83. The molecule has 1 fully saturated rings. The number of nitrogens with two attached hydrogens (primary N) is 1. The maximum absolute atomic E-state index is 10.9. The fourth-order valence-corrected chi connectivity index (χ4v) is 1.70. The number of carbonyl (C=O) groups excluding carboxylic acids is 2. The molecule has 7 nitrogen and oxygen atoms in total.